The van der Waals surface area contributed by atoms with Gasteiger partial charge in [0.05, 0.1) is 24.8 Å². The smallest absolute Gasteiger partial charge is 0.456 e. The van der Waals surface area contributed by atoms with Crippen LogP contribution in [-0.4, -0.2) is 35.7 Å². The van der Waals surface area contributed by atoms with E-state index in [1.165, 1.54) is 0 Å². The van der Waals surface area contributed by atoms with Gasteiger partial charge in [-0.05, 0) is 74.9 Å². The highest BCUT2D eigenvalue weighted by Crippen LogP contribution is 2.36. The minimum atomic E-state index is -0.720. The molecule has 4 rings (SSSR count). The van der Waals surface area contributed by atoms with Gasteiger partial charge in [0.15, 0.2) is 0 Å². The van der Waals surface area contributed by atoms with Crippen LogP contribution in [0.15, 0.2) is 52.9 Å². The van der Waals surface area contributed by atoms with Crippen molar-refractivity contribution in [2.24, 2.45) is 0 Å². The molecule has 1 aliphatic carbocycles. The first kappa shape index (κ1) is 26.3. The fourth-order valence-electron chi connectivity index (χ4n) is 5.04. The molecule has 0 radical (unpaired) electrons. The summed E-state index contributed by atoms with van der Waals surface area (Å²) in [5.41, 5.74) is 2.26. The lowest BCUT2D eigenvalue weighted by atomic mass is 10.00. The van der Waals surface area contributed by atoms with Crippen molar-refractivity contribution in [2.45, 2.75) is 70.9 Å². The van der Waals surface area contributed by atoms with Crippen molar-refractivity contribution >= 4 is 23.0 Å². The van der Waals surface area contributed by atoms with E-state index in [4.69, 9.17) is 13.9 Å². The van der Waals surface area contributed by atoms with Gasteiger partial charge in [0.25, 0.3) is 0 Å². The first-order valence-electron chi connectivity index (χ1n) is 13.1. The van der Waals surface area contributed by atoms with Crippen molar-refractivity contribution in [3.8, 4) is 17.4 Å². The molecule has 0 bridgehead atoms. The summed E-state index contributed by atoms with van der Waals surface area (Å²) in [5.74, 6) is 0.685. The molecule has 1 aromatic heterocycles. The summed E-state index contributed by atoms with van der Waals surface area (Å²) in [6.07, 6.45) is 4.85. The topological polar surface area (TPSA) is 92.8 Å². The average Bonchev–Trinajstić information content (AvgIpc) is 3.53. The molecule has 1 amide bonds. The van der Waals surface area contributed by atoms with Crippen LogP contribution in [0.4, 0.5) is 4.79 Å². The molecule has 37 heavy (non-hydrogen) atoms. The lowest BCUT2D eigenvalue weighted by Gasteiger charge is -2.35. The predicted octanol–water partition coefficient (Wildman–Crippen LogP) is 6.98. The number of hydrogen-bond donors (Lipinski definition) is 0. The Bertz CT molecular complexity index is 1280. The predicted molar refractivity (Wildman–Crippen MR) is 141 cm³/mol. The third-order valence-electron chi connectivity index (χ3n) is 6.92. The van der Waals surface area contributed by atoms with E-state index in [1.807, 2.05) is 47.4 Å². The van der Waals surface area contributed by atoms with E-state index in [1.54, 1.807) is 13.0 Å². The third kappa shape index (κ3) is 6.32. The van der Waals surface area contributed by atoms with Crippen molar-refractivity contribution in [3.05, 3.63) is 59.7 Å². The number of nitrogens with zero attached hydrogens (tertiary/aromatic N) is 2. The second-order valence-electron chi connectivity index (χ2n) is 9.67. The highest BCUT2D eigenvalue weighted by molar-refractivity contribution is 5.84. The number of fused-ring (bicyclic) bond motifs is 1. The molecule has 194 valence electrons. The van der Waals surface area contributed by atoms with E-state index in [2.05, 4.69) is 13.0 Å². The maximum absolute atomic E-state index is 13.3. The Balaban J connectivity index is 1.59. The van der Waals surface area contributed by atoms with Crippen LogP contribution in [0, 0.1) is 11.3 Å². The van der Waals surface area contributed by atoms with Crippen LogP contribution in [0.25, 0.3) is 22.3 Å². The minimum Gasteiger partial charge on any atom is -0.456 e. The van der Waals surface area contributed by atoms with Gasteiger partial charge in [-0.3, -0.25) is 4.79 Å². The molecule has 7 heteroatoms. The second-order valence-corrected chi connectivity index (χ2v) is 9.67. The van der Waals surface area contributed by atoms with Crippen molar-refractivity contribution in [3.63, 3.8) is 0 Å². The van der Waals surface area contributed by atoms with Crippen molar-refractivity contribution in [2.75, 3.05) is 13.2 Å². The van der Waals surface area contributed by atoms with Gasteiger partial charge in [-0.15, -0.1) is 0 Å². The van der Waals surface area contributed by atoms with Crippen molar-refractivity contribution < 1.29 is 23.5 Å². The molecule has 0 saturated heterocycles. The molecule has 3 aromatic rings. The Morgan fingerprint density at radius 2 is 1.89 bits per heavy atom. The Morgan fingerprint density at radius 1 is 1.11 bits per heavy atom. The number of furan rings is 1. The molecule has 7 nitrogen and oxygen atoms in total. The number of rotatable bonds is 10. The monoisotopic (exact) mass is 502 g/mol. The lowest BCUT2D eigenvalue weighted by molar-refractivity contribution is -0.136. The zero-order valence-electron chi connectivity index (χ0n) is 21.6. The Hall–Kier alpha value is -3.79. The van der Waals surface area contributed by atoms with Crippen LogP contribution < -0.4 is 0 Å². The molecule has 0 atom stereocenters. The molecule has 1 heterocycles. The van der Waals surface area contributed by atoms with Gasteiger partial charge in [-0.2, -0.15) is 5.26 Å². The Morgan fingerprint density at radius 3 is 2.62 bits per heavy atom. The van der Waals surface area contributed by atoms with Gasteiger partial charge in [0.2, 0.25) is 5.91 Å². The van der Waals surface area contributed by atoms with Gasteiger partial charge in [-0.1, -0.05) is 31.5 Å². The van der Waals surface area contributed by atoms with Gasteiger partial charge < -0.3 is 18.8 Å². The molecule has 0 aliphatic heterocycles. The second kappa shape index (κ2) is 12.0. The molecule has 1 aliphatic rings. The molecule has 0 unspecified atom stereocenters. The van der Waals surface area contributed by atoms with Gasteiger partial charge in [0, 0.05) is 23.9 Å². The number of unbranched alkanes of at least 4 members (excludes halogenated alkanes) is 1. The number of benzene rings is 2. The van der Waals surface area contributed by atoms with Gasteiger partial charge in [-0.25, -0.2) is 4.79 Å². The molecule has 1 fully saturated rings. The SMILES string of the molecule is CCCCC(=O)N(Cc1ccc2oc(-c3ccccc3C#N)cc2c1)CC1(OC(=O)OCC)CCCC1. The van der Waals surface area contributed by atoms with E-state index in [9.17, 15) is 14.9 Å². The molecule has 0 spiro atoms. The van der Waals surface area contributed by atoms with Crippen LogP contribution in [0.2, 0.25) is 0 Å². The number of hydrogen-bond acceptors (Lipinski definition) is 6. The number of carbonyl (C=O) groups is 2. The van der Waals surface area contributed by atoms with E-state index in [0.29, 0.717) is 49.3 Å². The average molecular weight is 503 g/mol. The standard InChI is InChI=1S/C30H34N2O5/c1-3-5-12-28(33)32(21-30(15-8-9-16-30)37-29(34)35-4-2)20-22-13-14-26-24(17-22)18-27(36-26)25-11-7-6-10-23(25)19-31/h6-7,10-11,13-14,17-18H,3-5,8-9,12,15-16,20-21H2,1-2H3. The molecular formula is C30H34N2O5. The maximum atomic E-state index is 13.3. The van der Waals surface area contributed by atoms with Crippen LogP contribution in [0.1, 0.15) is 69.9 Å². The highest BCUT2D eigenvalue weighted by atomic mass is 16.7. The first-order chi connectivity index (χ1) is 18.0. The van der Waals surface area contributed by atoms with Crippen LogP contribution >= 0.6 is 0 Å². The van der Waals surface area contributed by atoms with Crippen LogP contribution in [0.3, 0.4) is 0 Å². The summed E-state index contributed by atoms with van der Waals surface area (Å²) in [6, 6.07) is 17.4. The van der Waals surface area contributed by atoms with Crippen molar-refractivity contribution in [1.82, 2.24) is 4.90 Å². The van der Waals surface area contributed by atoms with E-state index < -0.39 is 11.8 Å². The van der Waals surface area contributed by atoms with Gasteiger partial charge >= 0.3 is 6.16 Å². The molecule has 2 aromatic carbocycles. The first-order valence-corrected chi connectivity index (χ1v) is 13.1. The normalized spacial score (nSPS) is 14.3. The highest BCUT2D eigenvalue weighted by Gasteiger charge is 2.41. The Kier molecular flexibility index (Phi) is 8.50. The summed E-state index contributed by atoms with van der Waals surface area (Å²) in [7, 11) is 0. The summed E-state index contributed by atoms with van der Waals surface area (Å²) < 4.78 is 16.9. The summed E-state index contributed by atoms with van der Waals surface area (Å²) in [4.78, 5) is 27.3. The Labute approximate surface area is 218 Å². The fraction of sp³-hybridized carbons (Fsp3) is 0.433. The molecule has 1 saturated carbocycles. The molecular weight excluding hydrogens is 468 g/mol. The fourth-order valence-corrected chi connectivity index (χ4v) is 5.04. The maximum Gasteiger partial charge on any atom is 0.508 e. The number of ether oxygens (including phenoxy) is 2. The lowest BCUT2D eigenvalue weighted by Crippen LogP contribution is -2.46. The van der Waals surface area contributed by atoms with E-state index >= 15 is 0 Å². The quantitative estimate of drug-likeness (QED) is 0.278. The van der Waals surface area contributed by atoms with Crippen LogP contribution in [-0.2, 0) is 20.8 Å². The molecule has 0 N–H and O–H groups in total. The van der Waals surface area contributed by atoms with Gasteiger partial charge in [0.1, 0.15) is 16.9 Å². The largest absolute Gasteiger partial charge is 0.508 e. The van der Waals surface area contributed by atoms with E-state index in [0.717, 1.165) is 42.2 Å². The van der Waals surface area contributed by atoms with Crippen LogP contribution in [0.5, 0.6) is 0 Å². The number of nitriles is 1. The summed E-state index contributed by atoms with van der Waals surface area (Å²) >= 11 is 0. The van der Waals surface area contributed by atoms with E-state index in [-0.39, 0.29) is 12.5 Å². The number of amides is 1. The number of carbonyl (C=O) groups excluding carboxylic acids is 2. The van der Waals surface area contributed by atoms with Crippen molar-refractivity contribution in [1.29, 1.82) is 5.26 Å². The summed E-state index contributed by atoms with van der Waals surface area (Å²) in [6.45, 7) is 4.81. The third-order valence-corrected chi connectivity index (χ3v) is 6.92. The zero-order valence-corrected chi connectivity index (χ0v) is 21.6. The summed E-state index contributed by atoms with van der Waals surface area (Å²) in [5, 5.41) is 10.4. The zero-order chi connectivity index (χ0) is 26.3. The minimum absolute atomic E-state index is 0.0523.